The van der Waals surface area contributed by atoms with Crippen molar-refractivity contribution in [1.82, 2.24) is 0 Å². The minimum Gasteiger partial charge on any atom is -0.461 e. The number of benzene rings is 1. The van der Waals surface area contributed by atoms with Crippen molar-refractivity contribution in [2.75, 3.05) is 0 Å². The first-order valence-electron chi connectivity index (χ1n) is 7.10. The Morgan fingerprint density at radius 2 is 1.89 bits per heavy atom. The zero-order chi connectivity index (χ0) is 13.9. The molecule has 106 valence electrons. The maximum Gasteiger partial charge on any atom is 0.306 e. The molecule has 3 heteroatoms. The van der Waals surface area contributed by atoms with Gasteiger partial charge in [-0.15, -0.1) is 0 Å². The molecule has 1 unspecified atom stereocenters. The van der Waals surface area contributed by atoms with E-state index in [2.05, 4.69) is 6.92 Å². The number of rotatable bonds is 9. The molecular formula is C16H24O3. The monoisotopic (exact) mass is 264 g/mol. The second-order valence-electron chi connectivity index (χ2n) is 4.83. The summed E-state index contributed by atoms with van der Waals surface area (Å²) in [6.45, 7) is 2.44. The number of aliphatic hydroxyl groups excluding tert-OH is 1. The molecule has 0 aliphatic rings. The minimum absolute atomic E-state index is 0.188. The molecule has 1 atom stereocenters. The highest BCUT2D eigenvalue weighted by atomic mass is 16.5. The van der Waals surface area contributed by atoms with Crippen LogP contribution in [0, 0.1) is 0 Å². The Balaban J connectivity index is 2.08. The third kappa shape index (κ3) is 7.62. The standard InChI is InChI=1S/C16H24O3/c1-2-3-10-15(17)11-7-12-16(18)19-13-14-8-5-4-6-9-14/h4-6,8-9,15,17H,2-3,7,10-13H2,1H3. The van der Waals surface area contributed by atoms with Crippen molar-refractivity contribution in [3.63, 3.8) is 0 Å². The Morgan fingerprint density at radius 3 is 2.58 bits per heavy atom. The molecule has 0 saturated heterocycles. The quantitative estimate of drug-likeness (QED) is 0.695. The normalized spacial score (nSPS) is 12.1. The second kappa shape index (κ2) is 9.56. The number of carbonyl (C=O) groups is 1. The Morgan fingerprint density at radius 1 is 1.21 bits per heavy atom. The number of esters is 1. The summed E-state index contributed by atoms with van der Waals surface area (Å²) in [6, 6.07) is 9.65. The van der Waals surface area contributed by atoms with Gasteiger partial charge in [0.05, 0.1) is 6.10 Å². The van der Waals surface area contributed by atoms with Crippen LogP contribution in [0.15, 0.2) is 30.3 Å². The van der Waals surface area contributed by atoms with Crippen molar-refractivity contribution in [2.24, 2.45) is 0 Å². The Labute approximate surface area is 115 Å². The molecule has 1 rings (SSSR count). The van der Waals surface area contributed by atoms with E-state index in [0.717, 1.165) is 24.8 Å². The predicted molar refractivity (Wildman–Crippen MR) is 75.6 cm³/mol. The summed E-state index contributed by atoms with van der Waals surface area (Å²) >= 11 is 0. The summed E-state index contributed by atoms with van der Waals surface area (Å²) in [7, 11) is 0. The third-order valence-corrected chi connectivity index (χ3v) is 3.05. The van der Waals surface area contributed by atoms with E-state index in [0.29, 0.717) is 25.9 Å². The average molecular weight is 264 g/mol. The predicted octanol–water partition coefficient (Wildman–Crippen LogP) is 3.45. The van der Waals surface area contributed by atoms with Gasteiger partial charge in [-0.1, -0.05) is 50.1 Å². The van der Waals surface area contributed by atoms with Crippen LogP contribution in [-0.2, 0) is 16.1 Å². The zero-order valence-corrected chi connectivity index (χ0v) is 11.7. The van der Waals surface area contributed by atoms with Gasteiger partial charge >= 0.3 is 5.97 Å². The molecule has 0 radical (unpaired) electrons. The molecule has 0 aliphatic heterocycles. The van der Waals surface area contributed by atoms with E-state index >= 15 is 0 Å². The minimum atomic E-state index is -0.276. The molecule has 1 N–H and O–H groups in total. The topological polar surface area (TPSA) is 46.5 Å². The number of unbranched alkanes of at least 4 members (excludes halogenated alkanes) is 1. The molecule has 0 saturated carbocycles. The molecule has 3 nitrogen and oxygen atoms in total. The molecular weight excluding hydrogens is 240 g/mol. The molecule has 1 aromatic carbocycles. The highest BCUT2D eigenvalue weighted by molar-refractivity contribution is 5.69. The summed E-state index contributed by atoms with van der Waals surface area (Å²) in [5.41, 5.74) is 0.999. The van der Waals surface area contributed by atoms with E-state index in [1.807, 2.05) is 30.3 Å². The molecule has 0 fully saturated rings. The second-order valence-corrected chi connectivity index (χ2v) is 4.83. The van der Waals surface area contributed by atoms with Crippen molar-refractivity contribution in [3.8, 4) is 0 Å². The van der Waals surface area contributed by atoms with E-state index in [1.165, 1.54) is 0 Å². The van der Waals surface area contributed by atoms with Gasteiger partial charge in [0.1, 0.15) is 6.61 Å². The highest BCUT2D eigenvalue weighted by Gasteiger charge is 2.07. The summed E-state index contributed by atoms with van der Waals surface area (Å²) in [5, 5.41) is 9.65. The van der Waals surface area contributed by atoms with Gasteiger partial charge in [0, 0.05) is 6.42 Å². The van der Waals surface area contributed by atoms with E-state index in [-0.39, 0.29) is 12.1 Å². The van der Waals surface area contributed by atoms with Gasteiger partial charge in [-0.3, -0.25) is 4.79 Å². The Bertz CT molecular complexity index is 348. The average Bonchev–Trinajstić information content (AvgIpc) is 2.44. The maximum atomic E-state index is 11.5. The highest BCUT2D eigenvalue weighted by Crippen LogP contribution is 2.09. The van der Waals surface area contributed by atoms with Gasteiger partial charge in [-0.2, -0.15) is 0 Å². The van der Waals surface area contributed by atoms with Crippen LogP contribution in [0.4, 0.5) is 0 Å². The van der Waals surface area contributed by atoms with Crippen molar-refractivity contribution in [3.05, 3.63) is 35.9 Å². The molecule has 0 bridgehead atoms. The smallest absolute Gasteiger partial charge is 0.306 e. The van der Waals surface area contributed by atoms with Crippen LogP contribution in [0.1, 0.15) is 51.0 Å². The first kappa shape index (κ1) is 15.7. The first-order valence-corrected chi connectivity index (χ1v) is 7.10. The van der Waals surface area contributed by atoms with Gasteiger partial charge in [0.25, 0.3) is 0 Å². The zero-order valence-electron chi connectivity index (χ0n) is 11.7. The Hall–Kier alpha value is -1.35. The number of aliphatic hydroxyl groups is 1. The number of hydrogen-bond acceptors (Lipinski definition) is 3. The molecule has 19 heavy (non-hydrogen) atoms. The SMILES string of the molecule is CCCCC(O)CCCC(=O)OCc1ccccc1. The summed E-state index contributed by atoms with van der Waals surface area (Å²) in [4.78, 5) is 11.5. The van der Waals surface area contributed by atoms with Crippen molar-refractivity contribution in [2.45, 2.75) is 58.2 Å². The van der Waals surface area contributed by atoms with E-state index in [1.54, 1.807) is 0 Å². The molecule has 0 aliphatic carbocycles. The summed E-state index contributed by atoms with van der Waals surface area (Å²) in [6.07, 6.45) is 4.45. The van der Waals surface area contributed by atoms with Gasteiger partial charge < -0.3 is 9.84 Å². The first-order chi connectivity index (χ1) is 9.22. The van der Waals surface area contributed by atoms with Gasteiger partial charge in [-0.25, -0.2) is 0 Å². The lowest BCUT2D eigenvalue weighted by molar-refractivity contribution is -0.145. The molecule has 1 aromatic rings. The Kier molecular flexibility index (Phi) is 7.91. The molecule has 0 heterocycles. The summed E-state index contributed by atoms with van der Waals surface area (Å²) < 4.78 is 5.17. The number of ether oxygens (including phenoxy) is 1. The fourth-order valence-electron chi connectivity index (χ4n) is 1.88. The van der Waals surface area contributed by atoms with Gasteiger partial charge in [0.15, 0.2) is 0 Å². The van der Waals surface area contributed by atoms with Crippen molar-refractivity contribution in [1.29, 1.82) is 0 Å². The van der Waals surface area contributed by atoms with Crippen LogP contribution in [0.5, 0.6) is 0 Å². The lowest BCUT2D eigenvalue weighted by atomic mass is 10.1. The fraction of sp³-hybridized carbons (Fsp3) is 0.562. The number of carbonyl (C=O) groups excluding carboxylic acids is 1. The lowest BCUT2D eigenvalue weighted by Gasteiger charge is -2.09. The lowest BCUT2D eigenvalue weighted by Crippen LogP contribution is -2.09. The summed E-state index contributed by atoms with van der Waals surface area (Å²) in [5.74, 6) is -0.188. The van der Waals surface area contributed by atoms with Gasteiger partial charge in [-0.05, 0) is 24.8 Å². The van der Waals surface area contributed by atoms with E-state index in [9.17, 15) is 9.90 Å². The van der Waals surface area contributed by atoms with Crippen molar-refractivity contribution >= 4 is 5.97 Å². The largest absolute Gasteiger partial charge is 0.461 e. The molecule has 0 spiro atoms. The fourth-order valence-corrected chi connectivity index (χ4v) is 1.88. The van der Waals surface area contributed by atoms with E-state index in [4.69, 9.17) is 4.74 Å². The van der Waals surface area contributed by atoms with Gasteiger partial charge in [0.2, 0.25) is 0 Å². The van der Waals surface area contributed by atoms with Crippen LogP contribution in [0.25, 0.3) is 0 Å². The van der Waals surface area contributed by atoms with Crippen LogP contribution in [0.2, 0.25) is 0 Å². The van der Waals surface area contributed by atoms with Crippen LogP contribution < -0.4 is 0 Å². The molecule has 0 aromatic heterocycles. The van der Waals surface area contributed by atoms with Crippen LogP contribution in [0.3, 0.4) is 0 Å². The van der Waals surface area contributed by atoms with Crippen LogP contribution in [-0.4, -0.2) is 17.2 Å². The van der Waals surface area contributed by atoms with E-state index < -0.39 is 0 Å². The third-order valence-electron chi connectivity index (χ3n) is 3.05. The van der Waals surface area contributed by atoms with Crippen molar-refractivity contribution < 1.29 is 14.6 Å². The maximum absolute atomic E-state index is 11.5. The number of hydrogen-bond donors (Lipinski definition) is 1. The van der Waals surface area contributed by atoms with Crippen LogP contribution >= 0.6 is 0 Å². The molecule has 0 amide bonds.